The molecule has 2 aromatic carbocycles. The molecule has 0 aliphatic heterocycles. The molecule has 0 radical (unpaired) electrons. The quantitative estimate of drug-likeness (QED) is 0.526. The van der Waals surface area contributed by atoms with E-state index in [1.807, 2.05) is 24.3 Å². The first kappa shape index (κ1) is 20.5. The third kappa shape index (κ3) is 6.79. The smallest absolute Gasteiger partial charge is 0.339 e. The molecule has 0 aliphatic carbocycles. The second-order valence-corrected chi connectivity index (χ2v) is 6.71. The molecule has 7 heteroatoms. The topological polar surface area (TPSA) is 81.7 Å². The summed E-state index contributed by atoms with van der Waals surface area (Å²) >= 11 is 1.27. The lowest BCUT2D eigenvalue weighted by Gasteiger charge is -2.10. The lowest BCUT2D eigenvalue weighted by molar-refractivity contribution is -0.124. The number of carbonyl (C=O) groups excluding carboxylic acids is 3. The number of benzene rings is 2. The molecule has 0 saturated heterocycles. The summed E-state index contributed by atoms with van der Waals surface area (Å²) in [6.45, 7) is 1.41. The fraction of sp³-hybridized carbons (Fsp3) is 0.250. The number of ether oxygens (including phenoxy) is 2. The SMILES string of the molecule is COc1cccc(CNC(=O)COC(=O)c2ccccc2SCC(C)=O)c1. The molecule has 1 N–H and O–H groups in total. The van der Waals surface area contributed by atoms with Crippen LogP contribution in [0.5, 0.6) is 5.75 Å². The molecular weight excluding hydrogens is 366 g/mol. The van der Waals surface area contributed by atoms with Gasteiger partial charge in [-0.25, -0.2) is 4.79 Å². The molecule has 142 valence electrons. The molecule has 0 aliphatic rings. The van der Waals surface area contributed by atoms with Crippen molar-refractivity contribution in [3.05, 3.63) is 59.7 Å². The second kappa shape index (κ2) is 10.4. The van der Waals surface area contributed by atoms with E-state index in [1.165, 1.54) is 18.7 Å². The normalized spacial score (nSPS) is 10.1. The Morgan fingerprint density at radius 2 is 1.85 bits per heavy atom. The Hall–Kier alpha value is -2.80. The number of methoxy groups -OCH3 is 1. The molecule has 0 fully saturated rings. The lowest BCUT2D eigenvalue weighted by atomic mass is 10.2. The number of esters is 1. The van der Waals surface area contributed by atoms with Crippen LogP contribution in [0.4, 0.5) is 0 Å². The highest BCUT2D eigenvalue weighted by Crippen LogP contribution is 2.23. The Morgan fingerprint density at radius 3 is 2.59 bits per heavy atom. The maximum atomic E-state index is 12.3. The Morgan fingerprint density at radius 1 is 1.07 bits per heavy atom. The van der Waals surface area contributed by atoms with Gasteiger partial charge < -0.3 is 14.8 Å². The molecule has 6 nitrogen and oxygen atoms in total. The van der Waals surface area contributed by atoms with Gasteiger partial charge in [-0.2, -0.15) is 0 Å². The number of nitrogens with one attached hydrogen (secondary N) is 1. The molecule has 0 saturated carbocycles. The zero-order chi connectivity index (χ0) is 19.6. The van der Waals surface area contributed by atoms with Crippen LogP contribution in [0, 0.1) is 0 Å². The minimum atomic E-state index is -0.599. The molecule has 0 aromatic heterocycles. The number of ketones is 1. The maximum Gasteiger partial charge on any atom is 0.339 e. The van der Waals surface area contributed by atoms with E-state index < -0.39 is 11.9 Å². The van der Waals surface area contributed by atoms with Crippen LogP contribution in [-0.2, 0) is 20.9 Å². The summed E-state index contributed by atoms with van der Waals surface area (Å²) in [4.78, 5) is 36.0. The highest BCUT2D eigenvalue weighted by Gasteiger charge is 2.15. The summed E-state index contributed by atoms with van der Waals surface area (Å²) in [7, 11) is 1.57. The van der Waals surface area contributed by atoms with Gasteiger partial charge in [0, 0.05) is 11.4 Å². The first-order valence-electron chi connectivity index (χ1n) is 8.27. The van der Waals surface area contributed by atoms with Crippen LogP contribution in [0.15, 0.2) is 53.4 Å². The van der Waals surface area contributed by atoms with Crippen LogP contribution in [0.2, 0.25) is 0 Å². The van der Waals surface area contributed by atoms with E-state index in [4.69, 9.17) is 9.47 Å². The Labute approximate surface area is 162 Å². The van der Waals surface area contributed by atoms with Gasteiger partial charge in [0.15, 0.2) is 6.61 Å². The van der Waals surface area contributed by atoms with Crippen molar-refractivity contribution in [2.24, 2.45) is 0 Å². The predicted molar refractivity (Wildman–Crippen MR) is 103 cm³/mol. The zero-order valence-electron chi connectivity index (χ0n) is 15.2. The van der Waals surface area contributed by atoms with Gasteiger partial charge in [0.2, 0.25) is 0 Å². The van der Waals surface area contributed by atoms with Crippen molar-refractivity contribution < 1.29 is 23.9 Å². The van der Waals surface area contributed by atoms with E-state index in [1.54, 1.807) is 31.4 Å². The first-order chi connectivity index (χ1) is 13.0. The van der Waals surface area contributed by atoms with E-state index in [0.717, 1.165) is 5.56 Å². The summed E-state index contributed by atoms with van der Waals surface area (Å²) in [5, 5.41) is 2.69. The average Bonchev–Trinajstić information content (AvgIpc) is 2.69. The Bertz CT molecular complexity index is 822. The minimum Gasteiger partial charge on any atom is -0.497 e. The van der Waals surface area contributed by atoms with E-state index in [-0.39, 0.29) is 18.1 Å². The van der Waals surface area contributed by atoms with Gasteiger partial charge in [0.25, 0.3) is 5.91 Å². The van der Waals surface area contributed by atoms with Crippen LogP contribution < -0.4 is 10.1 Å². The summed E-state index contributed by atoms with van der Waals surface area (Å²) in [6.07, 6.45) is 0. The highest BCUT2D eigenvalue weighted by molar-refractivity contribution is 8.00. The van der Waals surface area contributed by atoms with E-state index in [2.05, 4.69) is 5.32 Å². The monoisotopic (exact) mass is 387 g/mol. The summed E-state index contributed by atoms with van der Waals surface area (Å²) in [5.74, 6) is -0.0168. The zero-order valence-corrected chi connectivity index (χ0v) is 16.0. The third-order valence-corrected chi connectivity index (χ3v) is 4.71. The third-order valence-electron chi connectivity index (χ3n) is 3.50. The molecule has 0 heterocycles. The van der Waals surface area contributed by atoms with E-state index in [9.17, 15) is 14.4 Å². The Kier molecular flexibility index (Phi) is 7.88. The van der Waals surface area contributed by atoms with Crippen LogP contribution >= 0.6 is 11.8 Å². The standard InChI is InChI=1S/C20H21NO5S/c1-14(22)13-27-18-9-4-3-8-17(18)20(24)26-12-19(23)21-11-15-6-5-7-16(10-15)25-2/h3-10H,11-13H2,1-2H3,(H,21,23). The molecule has 0 bridgehead atoms. The van der Waals surface area contributed by atoms with Gasteiger partial charge in [0.05, 0.1) is 18.4 Å². The largest absolute Gasteiger partial charge is 0.497 e. The summed E-state index contributed by atoms with van der Waals surface area (Å²) in [6, 6.07) is 14.2. The molecule has 0 unspecified atom stereocenters. The van der Waals surface area contributed by atoms with Crippen LogP contribution in [0.1, 0.15) is 22.8 Å². The van der Waals surface area contributed by atoms with Gasteiger partial charge in [-0.1, -0.05) is 24.3 Å². The number of carbonyl (C=O) groups is 3. The molecule has 27 heavy (non-hydrogen) atoms. The van der Waals surface area contributed by atoms with Gasteiger partial charge >= 0.3 is 5.97 Å². The molecule has 2 aromatic rings. The van der Waals surface area contributed by atoms with Crippen molar-refractivity contribution in [3.63, 3.8) is 0 Å². The van der Waals surface area contributed by atoms with Crippen molar-refractivity contribution >= 4 is 29.4 Å². The predicted octanol–water partition coefficient (Wildman–Crippen LogP) is 2.85. The van der Waals surface area contributed by atoms with Crippen molar-refractivity contribution in [2.45, 2.75) is 18.4 Å². The van der Waals surface area contributed by atoms with Gasteiger partial charge in [0.1, 0.15) is 11.5 Å². The molecule has 0 spiro atoms. The van der Waals surface area contributed by atoms with Gasteiger partial charge in [-0.15, -0.1) is 11.8 Å². The maximum absolute atomic E-state index is 12.3. The highest BCUT2D eigenvalue weighted by atomic mass is 32.2. The van der Waals surface area contributed by atoms with Crippen molar-refractivity contribution in [3.8, 4) is 5.75 Å². The number of hydrogen-bond acceptors (Lipinski definition) is 6. The van der Waals surface area contributed by atoms with Crippen molar-refractivity contribution in [1.29, 1.82) is 0 Å². The number of Topliss-reactive ketones (excluding diaryl/α,β-unsaturated/α-hetero) is 1. The number of rotatable bonds is 9. The molecule has 2 rings (SSSR count). The number of thioether (sulfide) groups is 1. The number of hydrogen-bond donors (Lipinski definition) is 1. The second-order valence-electron chi connectivity index (χ2n) is 5.69. The van der Waals surface area contributed by atoms with E-state index in [0.29, 0.717) is 22.8 Å². The molecular formula is C20H21NO5S. The Balaban J connectivity index is 1.86. The molecule has 1 amide bonds. The lowest BCUT2D eigenvalue weighted by Crippen LogP contribution is -2.28. The fourth-order valence-electron chi connectivity index (χ4n) is 2.18. The van der Waals surface area contributed by atoms with Crippen molar-refractivity contribution in [2.75, 3.05) is 19.5 Å². The van der Waals surface area contributed by atoms with Crippen LogP contribution in [0.25, 0.3) is 0 Å². The summed E-state index contributed by atoms with van der Waals surface area (Å²) < 4.78 is 10.2. The molecule has 0 atom stereocenters. The summed E-state index contributed by atoms with van der Waals surface area (Å²) in [5.41, 5.74) is 1.21. The first-order valence-corrected chi connectivity index (χ1v) is 9.26. The number of amides is 1. The minimum absolute atomic E-state index is 0.0140. The van der Waals surface area contributed by atoms with Crippen molar-refractivity contribution in [1.82, 2.24) is 5.32 Å². The van der Waals surface area contributed by atoms with Crippen LogP contribution in [-0.4, -0.2) is 37.1 Å². The van der Waals surface area contributed by atoms with Gasteiger partial charge in [-0.3, -0.25) is 9.59 Å². The van der Waals surface area contributed by atoms with E-state index >= 15 is 0 Å². The van der Waals surface area contributed by atoms with Gasteiger partial charge in [-0.05, 0) is 36.8 Å². The fourth-order valence-corrected chi connectivity index (χ4v) is 3.02. The average molecular weight is 387 g/mol. The van der Waals surface area contributed by atoms with Crippen LogP contribution in [0.3, 0.4) is 0 Å².